The third-order valence-corrected chi connectivity index (χ3v) is 2.60. The minimum absolute atomic E-state index is 0.193. The first-order chi connectivity index (χ1) is 7.54. The second kappa shape index (κ2) is 6.08. The molecule has 0 radical (unpaired) electrons. The molecule has 1 aromatic carbocycles. The molecular weight excluding hydrogens is 297 g/mol. The van der Waals surface area contributed by atoms with E-state index in [0.29, 0.717) is 15.1 Å². The van der Waals surface area contributed by atoms with Gasteiger partial charge in [-0.25, -0.2) is 0 Å². The summed E-state index contributed by atoms with van der Waals surface area (Å²) < 4.78 is 0.699. The van der Waals surface area contributed by atoms with E-state index in [1.165, 1.54) is 6.07 Å². The van der Waals surface area contributed by atoms with Crippen LogP contribution in [0.3, 0.4) is 0 Å². The number of aliphatic hydroxyl groups is 2. The van der Waals surface area contributed by atoms with Crippen molar-refractivity contribution >= 4 is 27.5 Å². The second-order valence-corrected chi connectivity index (χ2v) is 4.48. The van der Waals surface area contributed by atoms with Crippen molar-refractivity contribution < 1.29 is 10.2 Å². The van der Waals surface area contributed by atoms with Crippen molar-refractivity contribution in [2.24, 2.45) is 5.11 Å². The second-order valence-electron chi connectivity index (χ2n) is 3.13. The summed E-state index contributed by atoms with van der Waals surface area (Å²) in [5.74, 6) is 0. The number of halogens is 2. The molecule has 0 aliphatic rings. The molecule has 0 spiro atoms. The number of azide groups is 1. The average molecular weight is 307 g/mol. The van der Waals surface area contributed by atoms with Crippen LogP contribution >= 0.6 is 27.5 Å². The highest BCUT2D eigenvalue weighted by Gasteiger charge is 2.18. The highest BCUT2D eigenvalue weighted by molar-refractivity contribution is 9.10. The van der Waals surface area contributed by atoms with Crippen LogP contribution in [0.1, 0.15) is 11.7 Å². The first-order valence-electron chi connectivity index (χ1n) is 4.37. The van der Waals surface area contributed by atoms with Gasteiger partial charge in [0.05, 0.1) is 12.6 Å². The first kappa shape index (κ1) is 13.3. The van der Waals surface area contributed by atoms with E-state index in [-0.39, 0.29) is 6.54 Å². The van der Waals surface area contributed by atoms with Gasteiger partial charge < -0.3 is 10.2 Å². The molecule has 7 heteroatoms. The molecule has 0 heterocycles. The van der Waals surface area contributed by atoms with Crippen LogP contribution in [0.15, 0.2) is 27.8 Å². The van der Waals surface area contributed by atoms with Crippen LogP contribution in [0.2, 0.25) is 5.02 Å². The maximum absolute atomic E-state index is 9.75. The molecule has 0 aliphatic carbocycles. The molecule has 0 amide bonds. The van der Waals surface area contributed by atoms with Gasteiger partial charge in [-0.15, -0.1) is 0 Å². The minimum atomic E-state index is -1.15. The molecule has 2 unspecified atom stereocenters. The third kappa shape index (κ3) is 3.66. The Hall–Kier alpha value is -0.780. The van der Waals surface area contributed by atoms with Gasteiger partial charge in [0.1, 0.15) is 6.10 Å². The summed E-state index contributed by atoms with van der Waals surface area (Å²) in [4.78, 5) is 2.51. The molecule has 2 atom stereocenters. The van der Waals surface area contributed by atoms with Crippen LogP contribution in [0, 0.1) is 0 Å². The Morgan fingerprint density at radius 1 is 1.44 bits per heavy atom. The molecule has 16 heavy (non-hydrogen) atoms. The van der Waals surface area contributed by atoms with Crippen LogP contribution in [-0.4, -0.2) is 22.9 Å². The molecule has 0 saturated heterocycles. The first-order valence-corrected chi connectivity index (χ1v) is 5.54. The summed E-state index contributed by atoms with van der Waals surface area (Å²) in [6, 6.07) is 4.84. The summed E-state index contributed by atoms with van der Waals surface area (Å²) in [5, 5.41) is 22.9. The molecule has 0 fully saturated rings. The van der Waals surface area contributed by atoms with E-state index < -0.39 is 12.2 Å². The van der Waals surface area contributed by atoms with Gasteiger partial charge in [0.2, 0.25) is 0 Å². The summed E-state index contributed by atoms with van der Waals surface area (Å²) >= 11 is 9.02. The smallest absolute Gasteiger partial charge is 0.105 e. The number of hydrogen-bond acceptors (Lipinski definition) is 3. The van der Waals surface area contributed by atoms with E-state index >= 15 is 0 Å². The quantitative estimate of drug-likeness (QED) is 0.509. The molecule has 0 bridgehead atoms. The Labute approximate surface area is 105 Å². The van der Waals surface area contributed by atoms with Crippen molar-refractivity contribution in [1.29, 1.82) is 0 Å². The van der Waals surface area contributed by atoms with E-state index in [4.69, 9.17) is 17.1 Å². The molecule has 1 rings (SSSR count). The largest absolute Gasteiger partial charge is 0.390 e. The van der Waals surface area contributed by atoms with Gasteiger partial charge in [-0.05, 0) is 29.3 Å². The lowest BCUT2D eigenvalue weighted by Gasteiger charge is -2.16. The molecule has 86 valence electrons. The summed E-state index contributed by atoms with van der Waals surface area (Å²) in [7, 11) is 0. The van der Waals surface area contributed by atoms with E-state index in [0.717, 1.165) is 0 Å². The standard InChI is InChI=1S/C9H9BrClN3O2/c10-6-1-5(2-7(11)3-6)9(16)8(15)4-13-14-12/h1-3,8-9,15-16H,4H2. The van der Waals surface area contributed by atoms with Crippen molar-refractivity contribution in [1.82, 2.24) is 0 Å². The van der Waals surface area contributed by atoms with Crippen molar-refractivity contribution in [3.05, 3.63) is 43.7 Å². The molecule has 5 nitrogen and oxygen atoms in total. The number of rotatable bonds is 4. The van der Waals surface area contributed by atoms with Crippen molar-refractivity contribution in [2.45, 2.75) is 12.2 Å². The Morgan fingerprint density at radius 2 is 2.12 bits per heavy atom. The van der Waals surface area contributed by atoms with Gasteiger partial charge in [0.25, 0.3) is 0 Å². The number of hydrogen-bond donors (Lipinski definition) is 2. The predicted molar refractivity (Wildman–Crippen MR) is 64.1 cm³/mol. The van der Waals surface area contributed by atoms with Gasteiger partial charge in [-0.3, -0.25) is 0 Å². The topological polar surface area (TPSA) is 89.2 Å². The lowest BCUT2D eigenvalue weighted by molar-refractivity contribution is 0.0244. The summed E-state index contributed by atoms with van der Waals surface area (Å²) in [5.41, 5.74) is 8.55. The highest BCUT2D eigenvalue weighted by atomic mass is 79.9. The molecule has 0 aromatic heterocycles. The van der Waals surface area contributed by atoms with Gasteiger partial charge in [-0.1, -0.05) is 32.6 Å². The fourth-order valence-electron chi connectivity index (χ4n) is 1.19. The highest BCUT2D eigenvalue weighted by Crippen LogP contribution is 2.25. The van der Waals surface area contributed by atoms with E-state index in [9.17, 15) is 10.2 Å². The van der Waals surface area contributed by atoms with Crippen molar-refractivity contribution in [2.75, 3.05) is 6.54 Å². The Bertz CT molecular complexity index is 403. The number of benzene rings is 1. The van der Waals surface area contributed by atoms with Crippen molar-refractivity contribution in [3.63, 3.8) is 0 Å². The average Bonchev–Trinajstić information content (AvgIpc) is 2.23. The molecule has 0 aliphatic heterocycles. The summed E-state index contributed by atoms with van der Waals surface area (Å²) in [6.07, 6.45) is -2.29. The SMILES string of the molecule is [N-]=[N+]=NCC(O)C(O)c1cc(Cl)cc(Br)c1. The molecule has 2 N–H and O–H groups in total. The van der Waals surface area contributed by atoms with Crippen LogP contribution in [0.25, 0.3) is 10.4 Å². The van der Waals surface area contributed by atoms with Gasteiger partial charge in [0, 0.05) is 14.4 Å². The normalized spacial score (nSPS) is 14.0. The predicted octanol–water partition coefficient (Wildman–Crippen LogP) is 2.81. The van der Waals surface area contributed by atoms with Crippen LogP contribution in [-0.2, 0) is 0 Å². The van der Waals surface area contributed by atoms with Crippen LogP contribution < -0.4 is 0 Å². The van der Waals surface area contributed by atoms with E-state index in [1.807, 2.05) is 0 Å². The Kier molecular flexibility index (Phi) is 5.05. The van der Waals surface area contributed by atoms with Gasteiger partial charge >= 0.3 is 0 Å². The molecule has 1 aromatic rings. The Morgan fingerprint density at radius 3 is 2.69 bits per heavy atom. The van der Waals surface area contributed by atoms with Crippen molar-refractivity contribution in [3.8, 4) is 0 Å². The van der Waals surface area contributed by atoms with Crippen LogP contribution in [0.4, 0.5) is 0 Å². The van der Waals surface area contributed by atoms with Crippen LogP contribution in [0.5, 0.6) is 0 Å². The maximum atomic E-state index is 9.75. The number of nitrogens with zero attached hydrogens (tertiary/aromatic N) is 3. The number of aliphatic hydroxyl groups excluding tert-OH is 2. The van der Waals surface area contributed by atoms with Gasteiger partial charge in [-0.2, -0.15) is 0 Å². The molecule has 0 saturated carbocycles. The zero-order valence-corrected chi connectivity index (χ0v) is 10.4. The Balaban J connectivity index is 2.86. The minimum Gasteiger partial charge on any atom is -0.390 e. The van der Waals surface area contributed by atoms with Gasteiger partial charge in [0.15, 0.2) is 0 Å². The zero-order valence-electron chi connectivity index (χ0n) is 8.09. The summed E-state index contributed by atoms with van der Waals surface area (Å²) in [6.45, 7) is -0.193. The monoisotopic (exact) mass is 305 g/mol. The maximum Gasteiger partial charge on any atom is 0.105 e. The zero-order chi connectivity index (χ0) is 12.1. The fraction of sp³-hybridized carbons (Fsp3) is 0.333. The lowest BCUT2D eigenvalue weighted by atomic mass is 10.0. The fourth-order valence-corrected chi connectivity index (χ4v) is 2.07. The molecular formula is C9H9BrClN3O2. The third-order valence-electron chi connectivity index (χ3n) is 1.92. The lowest BCUT2D eigenvalue weighted by Crippen LogP contribution is -2.21. The van der Waals surface area contributed by atoms with E-state index in [1.54, 1.807) is 12.1 Å². The van der Waals surface area contributed by atoms with E-state index in [2.05, 4.69) is 26.0 Å².